The molecule has 0 aromatic heterocycles. The average Bonchev–Trinajstić information content (AvgIpc) is 2.37. The summed E-state index contributed by atoms with van der Waals surface area (Å²) in [6.45, 7) is 4.44. The molecule has 0 bridgehead atoms. The Morgan fingerprint density at radius 1 is 0.909 bits per heavy atom. The molecule has 0 saturated heterocycles. The number of nitrogens with zero attached hydrogens (tertiary/aromatic N) is 3. The van der Waals surface area contributed by atoms with Crippen molar-refractivity contribution in [3.05, 3.63) is 35.4 Å². The lowest BCUT2D eigenvalue weighted by Crippen LogP contribution is -2.36. The van der Waals surface area contributed by atoms with Crippen LogP contribution < -0.4 is 0 Å². The Morgan fingerprint density at radius 2 is 1.32 bits per heavy atom. The van der Waals surface area contributed by atoms with Crippen molar-refractivity contribution >= 4 is 5.96 Å². The molecule has 0 amide bonds. The fourth-order valence-corrected chi connectivity index (χ4v) is 2.15. The number of guanidine groups is 1. The van der Waals surface area contributed by atoms with Crippen molar-refractivity contribution in [1.82, 2.24) is 9.80 Å². The van der Waals surface area contributed by atoms with Crippen LogP contribution >= 0.6 is 0 Å². The zero-order valence-electron chi connectivity index (χ0n) is 14.0. The van der Waals surface area contributed by atoms with Crippen LogP contribution in [-0.4, -0.2) is 50.5 Å². The number of alkyl halides is 3. The predicted octanol–water partition coefficient (Wildman–Crippen LogP) is 3.46. The van der Waals surface area contributed by atoms with E-state index in [4.69, 9.17) is 0 Å². The average molecular weight is 315 g/mol. The highest BCUT2D eigenvalue weighted by atomic mass is 19.4. The Bertz CT molecular complexity index is 504. The van der Waals surface area contributed by atoms with Crippen molar-refractivity contribution in [2.45, 2.75) is 25.4 Å². The van der Waals surface area contributed by atoms with E-state index in [1.54, 1.807) is 0 Å². The second-order valence-corrected chi connectivity index (χ2v) is 6.36. The molecule has 6 heteroatoms. The number of hydrogen-bond acceptors (Lipinski definition) is 1. The molecule has 3 nitrogen and oxygen atoms in total. The summed E-state index contributed by atoms with van der Waals surface area (Å²) in [7, 11) is 7.63. The molecule has 1 aromatic rings. The van der Waals surface area contributed by atoms with E-state index >= 15 is 0 Å². The van der Waals surface area contributed by atoms with E-state index in [0.717, 1.165) is 23.7 Å². The first-order chi connectivity index (χ1) is 9.95. The fourth-order valence-electron chi connectivity index (χ4n) is 2.15. The van der Waals surface area contributed by atoms with Crippen molar-refractivity contribution in [2.24, 2.45) is 4.99 Å². The monoisotopic (exact) mass is 315 g/mol. The first-order valence-corrected chi connectivity index (χ1v) is 7.02. The molecular formula is C16H24F3N3. The molecule has 0 unspecified atom stereocenters. The van der Waals surface area contributed by atoms with Crippen molar-refractivity contribution in [3.63, 3.8) is 0 Å². The molecule has 1 aromatic carbocycles. The van der Waals surface area contributed by atoms with E-state index in [2.05, 4.69) is 4.99 Å². The minimum Gasteiger partial charge on any atom is -0.349 e. The van der Waals surface area contributed by atoms with E-state index < -0.39 is 11.7 Å². The normalized spacial score (nSPS) is 12.0. The number of benzene rings is 1. The summed E-state index contributed by atoms with van der Waals surface area (Å²) >= 11 is 0. The quantitative estimate of drug-likeness (QED) is 0.628. The number of rotatable bonds is 3. The van der Waals surface area contributed by atoms with Crippen LogP contribution in [0.4, 0.5) is 13.2 Å². The lowest BCUT2D eigenvalue weighted by atomic mass is 9.84. The highest BCUT2D eigenvalue weighted by molar-refractivity contribution is 5.79. The molecule has 1 rings (SSSR count). The predicted molar refractivity (Wildman–Crippen MR) is 84.1 cm³/mol. The first-order valence-electron chi connectivity index (χ1n) is 7.02. The Labute approximate surface area is 130 Å². The Kier molecular flexibility index (Phi) is 5.49. The van der Waals surface area contributed by atoms with Gasteiger partial charge in [0.05, 0.1) is 12.1 Å². The van der Waals surface area contributed by atoms with Gasteiger partial charge in [-0.2, -0.15) is 13.2 Å². The van der Waals surface area contributed by atoms with Crippen LogP contribution in [0.5, 0.6) is 0 Å². The van der Waals surface area contributed by atoms with Gasteiger partial charge in [-0.15, -0.1) is 0 Å². The molecule has 0 aliphatic carbocycles. The second kappa shape index (κ2) is 6.58. The summed E-state index contributed by atoms with van der Waals surface area (Å²) in [5, 5.41) is 0. The van der Waals surface area contributed by atoms with Gasteiger partial charge in [-0.1, -0.05) is 26.0 Å². The van der Waals surface area contributed by atoms with Crippen molar-refractivity contribution in [3.8, 4) is 0 Å². The van der Waals surface area contributed by atoms with Gasteiger partial charge in [0.25, 0.3) is 0 Å². The van der Waals surface area contributed by atoms with Crippen LogP contribution in [0.2, 0.25) is 0 Å². The minimum absolute atomic E-state index is 0.346. The second-order valence-electron chi connectivity index (χ2n) is 6.36. The number of halogens is 3. The topological polar surface area (TPSA) is 18.8 Å². The van der Waals surface area contributed by atoms with Gasteiger partial charge in [0, 0.05) is 33.6 Å². The highest BCUT2D eigenvalue weighted by Crippen LogP contribution is 2.31. The van der Waals surface area contributed by atoms with Gasteiger partial charge in [-0.3, -0.25) is 4.99 Å². The van der Waals surface area contributed by atoms with Crippen LogP contribution in [0.3, 0.4) is 0 Å². The zero-order chi connectivity index (χ0) is 17.1. The highest BCUT2D eigenvalue weighted by Gasteiger charge is 2.31. The first kappa shape index (κ1) is 18.3. The molecule has 0 fully saturated rings. The third kappa shape index (κ3) is 4.64. The molecule has 0 radical (unpaired) electrons. The maximum Gasteiger partial charge on any atom is 0.416 e. The van der Waals surface area contributed by atoms with Crippen LogP contribution in [0, 0.1) is 0 Å². The minimum atomic E-state index is -4.30. The molecule has 124 valence electrons. The van der Waals surface area contributed by atoms with E-state index in [1.165, 1.54) is 12.1 Å². The van der Waals surface area contributed by atoms with Gasteiger partial charge in [-0.25, -0.2) is 0 Å². The molecule has 0 saturated carbocycles. The molecule has 0 aliphatic rings. The van der Waals surface area contributed by atoms with Gasteiger partial charge < -0.3 is 9.80 Å². The van der Waals surface area contributed by atoms with Crippen LogP contribution in [0.1, 0.15) is 25.0 Å². The van der Waals surface area contributed by atoms with E-state index in [-0.39, 0.29) is 5.41 Å². The van der Waals surface area contributed by atoms with E-state index in [9.17, 15) is 13.2 Å². The lowest BCUT2D eigenvalue weighted by Gasteiger charge is -2.27. The molecule has 0 aliphatic heterocycles. The standard InChI is InChI=1S/C16H24F3N3/c1-15(2,11-20-14(21(3)4)22(5)6)12-7-9-13(10-8-12)16(17,18)19/h7-10H,11H2,1-6H3. The van der Waals surface area contributed by atoms with Crippen LogP contribution in [-0.2, 0) is 11.6 Å². The third-order valence-corrected chi connectivity index (χ3v) is 3.41. The van der Waals surface area contributed by atoms with Crippen LogP contribution in [0.25, 0.3) is 0 Å². The summed E-state index contributed by atoms with van der Waals surface area (Å²) in [6, 6.07) is 5.31. The summed E-state index contributed by atoms with van der Waals surface area (Å²) in [5.74, 6) is 0.819. The molecule has 0 atom stereocenters. The number of aliphatic imine (C=N–C) groups is 1. The molecule has 0 spiro atoms. The summed E-state index contributed by atoms with van der Waals surface area (Å²) in [4.78, 5) is 8.40. The van der Waals surface area contributed by atoms with Crippen molar-refractivity contribution < 1.29 is 13.2 Å². The lowest BCUT2D eigenvalue weighted by molar-refractivity contribution is -0.137. The maximum absolute atomic E-state index is 12.6. The molecule has 0 N–H and O–H groups in total. The molecule has 0 heterocycles. The Morgan fingerprint density at radius 3 is 1.68 bits per heavy atom. The van der Waals surface area contributed by atoms with Gasteiger partial charge in [-0.05, 0) is 17.7 Å². The largest absolute Gasteiger partial charge is 0.416 e. The van der Waals surface area contributed by atoms with Crippen LogP contribution in [0.15, 0.2) is 29.3 Å². The third-order valence-electron chi connectivity index (χ3n) is 3.41. The van der Waals surface area contributed by atoms with Gasteiger partial charge in [0.15, 0.2) is 5.96 Å². The van der Waals surface area contributed by atoms with Crippen molar-refractivity contribution in [2.75, 3.05) is 34.7 Å². The zero-order valence-corrected chi connectivity index (χ0v) is 14.0. The number of hydrogen-bond donors (Lipinski definition) is 0. The summed E-state index contributed by atoms with van der Waals surface area (Å²) in [5.41, 5.74) is -0.138. The van der Waals surface area contributed by atoms with Gasteiger partial charge in [0.1, 0.15) is 0 Å². The molecule has 22 heavy (non-hydrogen) atoms. The smallest absolute Gasteiger partial charge is 0.349 e. The van der Waals surface area contributed by atoms with E-state index in [0.29, 0.717) is 6.54 Å². The Hall–Kier alpha value is -1.72. The van der Waals surface area contributed by atoms with Gasteiger partial charge >= 0.3 is 6.18 Å². The molecular weight excluding hydrogens is 291 g/mol. The summed E-state index contributed by atoms with van der Waals surface area (Å²) in [6.07, 6.45) is -4.30. The van der Waals surface area contributed by atoms with Gasteiger partial charge in [0.2, 0.25) is 0 Å². The summed E-state index contributed by atoms with van der Waals surface area (Å²) < 4.78 is 37.8. The maximum atomic E-state index is 12.6. The fraction of sp³-hybridized carbons (Fsp3) is 0.562. The Balaban J connectivity index is 2.97. The van der Waals surface area contributed by atoms with E-state index in [1.807, 2.05) is 51.8 Å². The SMILES string of the molecule is CN(C)C(=NCC(C)(C)c1ccc(C(F)(F)F)cc1)N(C)C. The van der Waals surface area contributed by atoms with Crippen molar-refractivity contribution in [1.29, 1.82) is 0 Å².